The predicted octanol–water partition coefficient (Wildman–Crippen LogP) is 2.34. The molecule has 1 aliphatic rings. The maximum absolute atomic E-state index is 12.1. The van der Waals surface area contributed by atoms with Crippen molar-refractivity contribution in [2.75, 3.05) is 19.7 Å². The van der Waals surface area contributed by atoms with Crippen molar-refractivity contribution in [2.24, 2.45) is 11.7 Å². The zero-order valence-electron chi connectivity index (χ0n) is 11.6. The van der Waals surface area contributed by atoms with Gasteiger partial charge in [-0.3, -0.25) is 4.90 Å². The second-order valence-electron chi connectivity index (χ2n) is 5.36. The summed E-state index contributed by atoms with van der Waals surface area (Å²) in [6.07, 6.45) is 0.613. The maximum Gasteiger partial charge on any atom is 0.410 e. The lowest BCUT2D eigenvalue weighted by Gasteiger charge is -2.36. The summed E-state index contributed by atoms with van der Waals surface area (Å²) in [6.45, 7) is 5.61. The predicted molar refractivity (Wildman–Crippen MR) is 74.8 cm³/mol. The van der Waals surface area contributed by atoms with Gasteiger partial charge in [-0.1, -0.05) is 38.1 Å². The molecule has 1 atom stereocenters. The minimum atomic E-state index is -0.251. The van der Waals surface area contributed by atoms with Gasteiger partial charge in [0.25, 0.3) is 0 Å². The van der Waals surface area contributed by atoms with E-state index in [-0.39, 0.29) is 12.1 Å². The number of hydrogen-bond donors (Lipinski definition) is 1. The zero-order valence-corrected chi connectivity index (χ0v) is 11.6. The fourth-order valence-corrected chi connectivity index (χ4v) is 2.45. The molecule has 0 saturated carbocycles. The van der Waals surface area contributed by atoms with Crippen LogP contribution in [0.2, 0.25) is 0 Å². The number of nitrogens with two attached hydrogens (primary N) is 1. The quantitative estimate of drug-likeness (QED) is 0.909. The lowest BCUT2D eigenvalue weighted by Crippen LogP contribution is -2.43. The summed E-state index contributed by atoms with van der Waals surface area (Å²) in [7, 11) is 0. The fourth-order valence-electron chi connectivity index (χ4n) is 2.45. The summed E-state index contributed by atoms with van der Waals surface area (Å²) in [6, 6.07) is 8.11. The van der Waals surface area contributed by atoms with Crippen LogP contribution in [0.15, 0.2) is 24.3 Å². The van der Waals surface area contributed by atoms with Crippen LogP contribution in [-0.2, 0) is 11.2 Å². The first kappa shape index (κ1) is 13.9. The van der Waals surface area contributed by atoms with Crippen LogP contribution < -0.4 is 5.73 Å². The lowest BCUT2D eigenvalue weighted by molar-refractivity contribution is 0.0752. The highest BCUT2D eigenvalue weighted by Gasteiger charge is 2.30. The standard InChI is InChI=1S/C15H22N2O2/c1-11(2)10-19-15(18)17-8-7-12-5-3-4-6-13(12)14(17)9-16/h3-6,11,14H,7-10,16H2,1-2H3. The molecule has 0 fully saturated rings. The number of hydrogen-bond acceptors (Lipinski definition) is 3. The van der Waals surface area contributed by atoms with Crippen LogP contribution in [0.4, 0.5) is 4.79 Å². The topological polar surface area (TPSA) is 55.6 Å². The molecule has 1 heterocycles. The van der Waals surface area contributed by atoms with Crippen molar-refractivity contribution in [3.63, 3.8) is 0 Å². The Kier molecular flexibility index (Phi) is 4.43. The second kappa shape index (κ2) is 6.06. The van der Waals surface area contributed by atoms with Crippen LogP contribution >= 0.6 is 0 Å². The van der Waals surface area contributed by atoms with Crippen LogP contribution in [0, 0.1) is 5.92 Å². The van der Waals surface area contributed by atoms with E-state index in [2.05, 4.69) is 12.1 Å². The van der Waals surface area contributed by atoms with Crippen molar-refractivity contribution in [1.29, 1.82) is 0 Å². The molecular weight excluding hydrogens is 240 g/mol. The molecule has 104 valence electrons. The Hall–Kier alpha value is -1.55. The smallest absolute Gasteiger partial charge is 0.410 e. The molecule has 1 amide bonds. The van der Waals surface area contributed by atoms with E-state index < -0.39 is 0 Å². The van der Waals surface area contributed by atoms with Crippen LogP contribution in [-0.4, -0.2) is 30.7 Å². The molecular formula is C15H22N2O2. The van der Waals surface area contributed by atoms with Gasteiger partial charge in [-0.2, -0.15) is 0 Å². The number of nitrogens with zero attached hydrogens (tertiary/aromatic N) is 1. The summed E-state index contributed by atoms with van der Waals surface area (Å²) in [5, 5.41) is 0. The Bertz CT molecular complexity index is 446. The summed E-state index contributed by atoms with van der Waals surface area (Å²) >= 11 is 0. The Morgan fingerprint density at radius 1 is 1.47 bits per heavy atom. The third-order valence-corrected chi connectivity index (χ3v) is 3.41. The molecule has 1 unspecified atom stereocenters. The largest absolute Gasteiger partial charge is 0.449 e. The summed E-state index contributed by atoms with van der Waals surface area (Å²) in [5.74, 6) is 0.345. The SMILES string of the molecule is CC(C)COC(=O)N1CCc2ccccc2C1CN. The molecule has 1 aliphatic heterocycles. The monoisotopic (exact) mass is 262 g/mol. The van der Waals surface area contributed by atoms with E-state index in [1.165, 1.54) is 5.56 Å². The van der Waals surface area contributed by atoms with Crippen molar-refractivity contribution >= 4 is 6.09 Å². The molecule has 1 aromatic carbocycles. The zero-order chi connectivity index (χ0) is 13.8. The molecule has 4 nitrogen and oxygen atoms in total. The molecule has 0 saturated heterocycles. The molecule has 0 aromatic heterocycles. The minimum absolute atomic E-state index is 0.0652. The van der Waals surface area contributed by atoms with Gasteiger partial charge in [0.2, 0.25) is 0 Å². The second-order valence-corrected chi connectivity index (χ2v) is 5.36. The van der Waals surface area contributed by atoms with Gasteiger partial charge in [0.05, 0.1) is 12.6 Å². The van der Waals surface area contributed by atoms with Gasteiger partial charge in [-0.05, 0) is 23.5 Å². The molecule has 0 bridgehead atoms. The van der Waals surface area contributed by atoms with Crippen LogP contribution in [0.3, 0.4) is 0 Å². The van der Waals surface area contributed by atoms with Gasteiger partial charge < -0.3 is 10.5 Å². The van der Waals surface area contributed by atoms with Crippen LogP contribution in [0.5, 0.6) is 0 Å². The summed E-state index contributed by atoms with van der Waals surface area (Å²) < 4.78 is 5.32. The molecule has 1 aromatic rings. The Balaban J connectivity index is 2.13. The molecule has 19 heavy (non-hydrogen) atoms. The molecule has 0 aliphatic carbocycles. The summed E-state index contributed by atoms with van der Waals surface area (Å²) in [5.41, 5.74) is 8.29. The van der Waals surface area contributed by atoms with E-state index in [0.717, 1.165) is 12.0 Å². The van der Waals surface area contributed by atoms with Crippen molar-refractivity contribution < 1.29 is 9.53 Å². The van der Waals surface area contributed by atoms with Crippen LogP contribution in [0.1, 0.15) is 31.0 Å². The van der Waals surface area contributed by atoms with E-state index in [4.69, 9.17) is 10.5 Å². The number of carbonyl (C=O) groups excluding carboxylic acids is 1. The number of amides is 1. The minimum Gasteiger partial charge on any atom is -0.449 e. The molecule has 0 spiro atoms. The van der Waals surface area contributed by atoms with Crippen molar-refractivity contribution in [1.82, 2.24) is 4.90 Å². The van der Waals surface area contributed by atoms with Gasteiger partial charge >= 0.3 is 6.09 Å². The highest BCUT2D eigenvalue weighted by atomic mass is 16.6. The van der Waals surface area contributed by atoms with Crippen molar-refractivity contribution in [2.45, 2.75) is 26.3 Å². The Morgan fingerprint density at radius 2 is 2.21 bits per heavy atom. The highest BCUT2D eigenvalue weighted by Crippen LogP contribution is 2.29. The number of fused-ring (bicyclic) bond motifs is 1. The highest BCUT2D eigenvalue weighted by molar-refractivity contribution is 5.69. The maximum atomic E-state index is 12.1. The molecule has 2 rings (SSSR count). The number of benzene rings is 1. The molecule has 2 N–H and O–H groups in total. The van der Waals surface area contributed by atoms with Crippen molar-refractivity contribution in [3.05, 3.63) is 35.4 Å². The average Bonchev–Trinajstić information content (AvgIpc) is 2.43. The third-order valence-electron chi connectivity index (χ3n) is 3.41. The molecule has 0 radical (unpaired) electrons. The molecule has 4 heteroatoms. The summed E-state index contributed by atoms with van der Waals surface area (Å²) in [4.78, 5) is 13.9. The first-order valence-corrected chi connectivity index (χ1v) is 6.84. The first-order chi connectivity index (χ1) is 9.13. The lowest BCUT2D eigenvalue weighted by atomic mass is 9.93. The Labute approximate surface area is 114 Å². The number of carbonyl (C=O) groups is 1. The van der Waals surface area contributed by atoms with Gasteiger partial charge in [0, 0.05) is 13.1 Å². The van der Waals surface area contributed by atoms with Gasteiger partial charge in [0.1, 0.15) is 0 Å². The van der Waals surface area contributed by atoms with Gasteiger partial charge in [-0.25, -0.2) is 4.79 Å². The third kappa shape index (κ3) is 3.07. The fraction of sp³-hybridized carbons (Fsp3) is 0.533. The van der Waals surface area contributed by atoms with E-state index in [9.17, 15) is 4.79 Å². The normalized spacial score (nSPS) is 18.3. The van der Waals surface area contributed by atoms with E-state index in [0.29, 0.717) is 25.6 Å². The number of rotatable bonds is 3. The average molecular weight is 262 g/mol. The first-order valence-electron chi connectivity index (χ1n) is 6.84. The number of ether oxygens (including phenoxy) is 1. The van der Waals surface area contributed by atoms with Crippen LogP contribution in [0.25, 0.3) is 0 Å². The van der Waals surface area contributed by atoms with Gasteiger partial charge in [0.15, 0.2) is 0 Å². The van der Waals surface area contributed by atoms with E-state index in [1.54, 1.807) is 4.90 Å². The van der Waals surface area contributed by atoms with Gasteiger partial charge in [-0.15, -0.1) is 0 Å². The van der Waals surface area contributed by atoms with E-state index >= 15 is 0 Å². The Morgan fingerprint density at radius 3 is 2.89 bits per heavy atom. The van der Waals surface area contributed by atoms with E-state index in [1.807, 2.05) is 26.0 Å². The van der Waals surface area contributed by atoms with Crippen molar-refractivity contribution in [3.8, 4) is 0 Å².